The number of unbranched alkanes of at least 4 members (excludes halogenated alkanes) is 2. The lowest BCUT2D eigenvalue weighted by atomic mass is 10.2. The topological polar surface area (TPSA) is 89.5 Å². The lowest BCUT2D eigenvalue weighted by molar-refractivity contribution is -0.143. The van der Waals surface area contributed by atoms with Crippen molar-refractivity contribution in [3.8, 4) is 5.75 Å². The Kier molecular flexibility index (Phi) is 11.6. The summed E-state index contributed by atoms with van der Waals surface area (Å²) >= 11 is 1.40. The summed E-state index contributed by atoms with van der Waals surface area (Å²) in [5, 5.41) is 3.83. The molecule has 0 atom stereocenters. The number of methoxy groups -OCH3 is 1. The summed E-state index contributed by atoms with van der Waals surface area (Å²) in [6.45, 7) is 4.84. The summed E-state index contributed by atoms with van der Waals surface area (Å²) in [5.74, 6) is 0.444. The molecule has 1 aromatic rings. The maximum absolute atomic E-state index is 12.9. The molecular weight excluding hydrogens is 466 g/mol. The van der Waals surface area contributed by atoms with Crippen LogP contribution in [-0.2, 0) is 19.1 Å². The van der Waals surface area contributed by atoms with E-state index in [4.69, 9.17) is 14.2 Å². The van der Waals surface area contributed by atoms with E-state index in [0.29, 0.717) is 36.8 Å². The molecule has 2 heterocycles. The van der Waals surface area contributed by atoms with Gasteiger partial charge in [0.25, 0.3) is 5.91 Å². The Balaban J connectivity index is 0.00000385. The predicted molar refractivity (Wildman–Crippen MR) is 133 cm³/mol. The first-order valence-electron chi connectivity index (χ1n) is 11.0. The monoisotopic (exact) mass is 497 g/mol. The number of aliphatic imine (C=N–C) groups is 1. The van der Waals surface area contributed by atoms with Gasteiger partial charge in [-0.25, -0.2) is 0 Å². The van der Waals surface area contributed by atoms with Crippen LogP contribution in [0.5, 0.6) is 5.75 Å². The van der Waals surface area contributed by atoms with Crippen molar-refractivity contribution in [3.63, 3.8) is 0 Å². The highest BCUT2D eigenvalue weighted by molar-refractivity contribution is 8.18. The molecule has 0 spiro atoms. The number of hydrogen-bond donors (Lipinski definition) is 1. The maximum Gasteiger partial charge on any atom is 0.305 e. The molecule has 33 heavy (non-hydrogen) atoms. The normalized spacial score (nSPS) is 14.8. The van der Waals surface area contributed by atoms with Gasteiger partial charge in [0.15, 0.2) is 5.17 Å². The predicted octanol–water partition coefficient (Wildman–Crippen LogP) is 4.22. The molecule has 0 bridgehead atoms. The van der Waals surface area contributed by atoms with Crippen LogP contribution in [0.1, 0.15) is 39.0 Å². The molecule has 0 saturated heterocycles. The van der Waals surface area contributed by atoms with E-state index >= 15 is 0 Å². The van der Waals surface area contributed by atoms with Crippen molar-refractivity contribution in [1.82, 2.24) is 4.90 Å². The van der Waals surface area contributed by atoms with E-state index in [1.165, 1.54) is 11.8 Å². The second-order valence-corrected chi connectivity index (χ2v) is 8.40. The van der Waals surface area contributed by atoms with E-state index in [0.717, 1.165) is 55.4 Å². The molecule has 8 nitrogen and oxygen atoms in total. The van der Waals surface area contributed by atoms with E-state index in [1.807, 2.05) is 31.2 Å². The van der Waals surface area contributed by atoms with Gasteiger partial charge in [-0.2, -0.15) is 0 Å². The standard InChI is InChI=1S/C23H31N3O5S.ClH/c1-3-30-20(27)8-5-4-6-15-31-18-11-9-17(10-12-18)25-22(28)21-19(16-29-2)26-14-7-13-24-23(26)32-21;/h9-12H,3-8,13-16H2,1-2H3,(H,25,28);1H. The van der Waals surface area contributed by atoms with Crippen LogP contribution < -0.4 is 10.1 Å². The third-order valence-corrected chi connectivity index (χ3v) is 6.16. The van der Waals surface area contributed by atoms with Crippen molar-refractivity contribution < 1.29 is 23.8 Å². The second kappa shape index (κ2) is 14.1. The van der Waals surface area contributed by atoms with E-state index in [9.17, 15) is 9.59 Å². The zero-order chi connectivity index (χ0) is 22.8. The van der Waals surface area contributed by atoms with Gasteiger partial charge in [-0.1, -0.05) is 0 Å². The number of thioether (sulfide) groups is 1. The number of hydrogen-bond acceptors (Lipinski definition) is 8. The van der Waals surface area contributed by atoms with Crippen molar-refractivity contribution >= 4 is 46.9 Å². The molecule has 182 valence electrons. The number of rotatable bonds is 12. The average Bonchev–Trinajstić information content (AvgIpc) is 3.16. The molecule has 0 saturated carbocycles. The molecule has 0 fully saturated rings. The number of fused-ring (bicyclic) bond motifs is 1. The van der Waals surface area contributed by atoms with Gasteiger partial charge in [0.1, 0.15) is 10.7 Å². The number of anilines is 1. The van der Waals surface area contributed by atoms with E-state index in [-0.39, 0.29) is 24.3 Å². The van der Waals surface area contributed by atoms with Gasteiger partial charge in [-0.05, 0) is 68.6 Å². The molecule has 10 heteroatoms. The fourth-order valence-electron chi connectivity index (χ4n) is 3.45. The molecular formula is C23H32ClN3O5S. The molecule has 1 N–H and O–H groups in total. The molecule has 3 rings (SSSR count). The number of halogens is 1. The Bertz CT molecular complexity index is 860. The van der Waals surface area contributed by atoms with Crippen LogP contribution in [0.25, 0.3) is 0 Å². The summed E-state index contributed by atoms with van der Waals surface area (Å²) in [5.41, 5.74) is 1.57. The van der Waals surface area contributed by atoms with Crippen molar-refractivity contribution in [2.45, 2.75) is 39.0 Å². The highest BCUT2D eigenvalue weighted by Gasteiger charge is 2.34. The van der Waals surface area contributed by atoms with Crippen molar-refractivity contribution in [2.75, 3.05) is 45.3 Å². The Hall–Kier alpha value is -2.23. The van der Waals surface area contributed by atoms with Crippen LogP contribution >= 0.6 is 24.2 Å². The molecule has 0 unspecified atom stereocenters. The summed E-state index contributed by atoms with van der Waals surface area (Å²) in [6, 6.07) is 7.34. The number of nitrogens with one attached hydrogen (secondary N) is 1. The number of carbonyl (C=O) groups excluding carboxylic acids is 2. The maximum atomic E-state index is 12.9. The van der Waals surface area contributed by atoms with Crippen LogP contribution in [-0.4, -0.2) is 62.0 Å². The number of benzene rings is 1. The average molecular weight is 498 g/mol. The Morgan fingerprint density at radius 3 is 2.70 bits per heavy atom. The minimum atomic E-state index is -0.158. The summed E-state index contributed by atoms with van der Waals surface area (Å²) in [7, 11) is 1.63. The first-order chi connectivity index (χ1) is 15.6. The Labute approximate surface area is 205 Å². The van der Waals surface area contributed by atoms with E-state index in [1.54, 1.807) is 7.11 Å². The molecule has 1 amide bonds. The molecule has 2 aliphatic rings. The molecule has 1 aromatic carbocycles. The smallest absolute Gasteiger partial charge is 0.305 e. The van der Waals surface area contributed by atoms with Gasteiger partial charge < -0.3 is 24.4 Å². The second-order valence-electron chi connectivity index (χ2n) is 7.42. The third-order valence-electron chi connectivity index (χ3n) is 5.00. The molecule has 0 aromatic heterocycles. The fraction of sp³-hybridized carbons (Fsp3) is 0.522. The number of amidine groups is 1. The number of nitrogens with zero attached hydrogens (tertiary/aromatic N) is 2. The van der Waals surface area contributed by atoms with Crippen LogP contribution in [0.2, 0.25) is 0 Å². The van der Waals surface area contributed by atoms with Gasteiger partial charge in [0.05, 0.1) is 25.5 Å². The van der Waals surface area contributed by atoms with Crippen molar-refractivity contribution in [3.05, 3.63) is 34.9 Å². The zero-order valence-corrected chi connectivity index (χ0v) is 20.8. The number of carbonyl (C=O) groups is 2. The largest absolute Gasteiger partial charge is 0.494 e. The van der Waals surface area contributed by atoms with Crippen LogP contribution in [0.3, 0.4) is 0 Å². The van der Waals surface area contributed by atoms with Crippen molar-refractivity contribution in [2.24, 2.45) is 4.99 Å². The minimum Gasteiger partial charge on any atom is -0.494 e. The number of ether oxygens (including phenoxy) is 3. The Morgan fingerprint density at radius 1 is 1.18 bits per heavy atom. The lowest BCUT2D eigenvalue weighted by Gasteiger charge is -2.24. The third kappa shape index (κ3) is 7.94. The number of esters is 1. The highest BCUT2D eigenvalue weighted by Crippen LogP contribution is 2.37. The van der Waals surface area contributed by atoms with E-state index in [2.05, 4.69) is 15.2 Å². The SMILES string of the molecule is CCOC(=O)CCCCCOc1ccc(NC(=O)C2=C(COC)N3CCCN=C3S2)cc1.Cl. The van der Waals surface area contributed by atoms with E-state index < -0.39 is 0 Å². The fourth-order valence-corrected chi connectivity index (χ4v) is 4.53. The summed E-state index contributed by atoms with van der Waals surface area (Å²) in [4.78, 5) is 31.4. The Morgan fingerprint density at radius 2 is 1.97 bits per heavy atom. The molecule has 0 radical (unpaired) electrons. The summed E-state index contributed by atoms with van der Waals surface area (Å²) in [6.07, 6.45) is 4.00. The van der Waals surface area contributed by atoms with Gasteiger partial charge >= 0.3 is 5.97 Å². The highest BCUT2D eigenvalue weighted by atomic mass is 35.5. The van der Waals surface area contributed by atoms with Crippen LogP contribution in [0, 0.1) is 0 Å². The number of amides is 1. The lowest BCUT2D eigenvalue weighted by Crippen LogP contribution is -2.31. The quantitative estimate of drug-likeness (QED) is 0.341. The molecule has 2 aliphatic heterocycles. The molecule has 0 aliphatic carbocycles. The van der Waals surface area contributed by atoms with Gasteiger partial charge in [-0.15, -0.1) is 12.4 Å². The summed E-state index contributed by atoms with van der Waals surface area (Å²) < 4.78 is 16.0. The van der Waals surface area contributed by atoms with Crippen molar-refractivity contribution in [1.29, 1.82) is 0 Å². The van der Waals surface area contributed by atoms with Gasteiger partial charge in [0.2, 0.25) is 0 Å². The van der Waals surface area contributed by atoms with Crippen LogP contribution in [0.4, 0.5) is 5.69 Å². The first-order valence-corrected chi connectivity index (χ1v) is 11.9. The van der Waals surface area contributed by atoms with Crippen LogP contribution in [0.15, 0.2) is 39.9 Å². The zero-order valence-electron chi connectivity index (χ0n) is 19.1. The van der Waals surface area contributed by atoms with Gasteiger partial charge in [-0.3, -0.25) is 14.6 Å². The van der Waals surface area contributed by atoms with Gasteiger partial charge in [0, 0.05) is 32.3 Å². The minimum absolute atomic E-state index is 0. The first kappa shape index (κ1) is 27.0.